The Morgan fingerprint density at radius 1 is 1.30 bits per heavy atom. The van der Waals surface area contributed by atoms with Crippen LogP contribution in [0.2, 0.25) is 0 Å². The minimum atomic E-state index is -3.89. The minimum Gasteiger partial charge on any atom is -0.478 e. The predicted octanol–water partition coefficient (Wildman–Crippen LogP) is 2.58. The topological polar surface area (TPSA) is 101 Å². The molecule has 7 nitrogen and oxygen atoms in total. The van der Waals surface area contributed by atoms with Crippen molar-refractivity contribution in [2.45, 2.75) is 38.6 Å². The maximum Gasteiger partial charge on any atom is 0.335 e. The molecule has 0 unspecified atom stereocenters. The number of rotatable bonds is 5. The quantitative estimate of drug-likeness (QED) is 0.873. The molecular weight excluding hydrogens is 318 g/mol. The van der Waals surface area contributed by atoms with Gasteiger partial charge in [-0.2, -0.15) is 5.10 Å². The van der Waals surface area contributed by atoms with E-state index < -0.39 is 16.0 Å². The number of carbonyl (C=O) groups is 1. The zero-order valence-corrected chi connectivity index (χ0v) is 14.2. The first kappa shape index (κ1) is 17.0. The van der Waals surface area contributed by atoms with E-state index in [2.05, 4.69) is 9.82 Å². The molecule has 1 heterocycles. The van der Waals surface area contributed by atoms with Crippen LogP contribution >= 0.6 is 0 Å². The van der Waals surface area contributed by atoms with E-state index in [1.54, 1.807) is 18.5 Å². The van der Waals surface area contributed by atoms with Gasteiger partial charge in [-0.15, -0.1) is 0 Å². The number of carboxylic acid groups (broad SMARTS) is 1. The van der Waals surface area contributed by atoms with Gasteiger partial charge in [0.15, 0.2) is 0 Å². The van der Waals surface area contributed by atoms with Crippen LogP contribution in [-0.2, 0) is 10.0 Å². The Kier molecular flexibility index (Phi) is 4.46. The van der Waals surface area contributed by atoms with E-state index in [0.29, 0.717) is 17.1 Å². The van der Waals surface area contributed by atoms with Gasteiger partial charge >= 0.3 is 5.97 Å². The molecule has 2 aromatic rings. The molecule has 2 N–H and O–H groups in total. The highest BCUT2D eigenvalue weighted by Crippen LogP contribution is 2.25. The standard InChI is InChI=1S/C15H19N3O4S/c1-9(2)18-11(4)14(10(3)16-18)17-23(21,22)13-7-5-6-12(8-13)15(19)20/h5-9,17H,1-4H3,(H,19,20). The fraction of sp³-hybridized carbons (Fsp3) is 0.333. The van der Waals surface area contributed by atoms with Gasteiger partial charge in [-0.25, -0.2) is 13.2 Å². The lowest BCUT2D eigenvalue weighted by molar-refractivity contribution is 0.0696. The maximum atomic E-state index is 12.5. The number of aromatic nitrogens is 2. The first-order valence-electron chi connectivity index (χ1n) is 7.05. The van der Waals surface area contributed by atoms with Crippen molar-refractivity contribution in [1.29, 1.82) is 0 Å². The number of hydrogen-bond acceptors (Lipinski definition) is 4. The van der Waals surface area contributed by atoms with Crippen LogP contribution in [0.3, 0.4) is 0 Å². The summed E-state index contributed by atoms with van der Waals surface area (Å²) in [5, 5.41) is 13.3. The van der Waals surface area contributed by atoms with Crippen molar-refractivity contribution in [1.82, 2.24) is 9.78 Å². The molecule has 0 aliphatic rings. The van der Waals surface area contributed by atoms with Crippen molar-refractivity contribution in [3.63, 3.8) is 0 Å². The number of carboxylic acids is 1. The summed E-state index contributed by atoms with van der Waals surface area (Å²) in [7, 11) is -3.89. The highest BCUT2D eigenvalue weighted by molar-refractivity contribution is 7.92. The number of hydrogen-bond donors (Lipinski definition) is 2. The highest BCUT2D eigenvalue weighted by atomic mass is 32.2. The Balaban J connectivity index is 2.43. The lowest BCUT2D eigenvalue weighted by Gasteiger charge is -2.11. The van der Waals surface area contributed by atoms with Gasteiger partial charge in [-0.3, -0.25) is 9.40 Å². The summed E-state index contributed by atoms with van der Waals surface area (Å²) >= 11 is 0. The Morgan fingerprint density at radius 3 is 2.48 bits per heavy atom. The van der Waals surface area contributed by atoms with Crippen LogP contribution in [0.25, 0.3) is 0 Å². The zero-order chi connectivity index (χ0) is 17.4. The molecule has 23 heavy (non-hydrogen) atoms. The number of sulfonamides is 1. The van der Waals surface area contributed by atoms with E-state index in [1.165, 1.54) is 18.2 Å². The SMILES string of the molecule is Cc1nn(C(C)C)c(C)c1NS(=O)(=O)c1cccc(C(=O)O)c1. The highest BCUT2D eigenvalue weighted by Gasteiger charge is 2.21. The minimum absolute atomic E-state index is 0.0841. The smallest absolute Gasteiger partial charge is 0.335 e. The number of aromatic carboxylic acids is 1. The summed E-state index contributed by atoms with van der Waals surface area (Å²) in [4.78, 5) is 10.9. The normalized spacial score (nSPS) is 11.7. The summed E-state index contributed by atoms with van der Waals surface area (Å²) in [6.45, 7) is 7.41. The number of benzene rings is 1. The Hall–Kier alpha value is -2.35. The lowest BCUT2D eigenvalue weighted by atomic mass is 10.2. The van der Waals surface area contributed by atoms with E-state index in [0.717, 1.165) is 6.07 Å². The molecule has 0 radical (unpaired) electrons. The Morgan fingerprint density at radius 2 is 1.96 bits per heavy atom. The monoisotopic (exact) mass is 337 g/mol. The molecule has 1 aromatic heterocycles. The molecule has 8 heteroatoms. The first-order chi connectivity index (χ1) is 10.6. The van der Waals surface area contributed by atoms with Gasteiger partial charge in [0.05, 0.1) is 27.5 Å². The molecule has 0 spiro atoms. The summed E-state index contributed by atoms with van der Waals surface area (Å²) in [6, 6.07) is 5.32. The van der Waals surface area contributed by atoms with Crippen LogP contribution in [0.5, 0.6) is 0 Å². The van der Waals surface area contributed by atoms with Crippen LogP contribution in [0.15, 0.2) is 29.2 Å². The molecule has 0 atom stereocenters. The third kappa shape index (κ3) is 3.37. The average molecular weight is 337 g/mol. The van der Waals surface area contributed by atoms with E-state index in [1.807, 2.05) is 13.8 Å². The number of anilines is 1. The largest absolute Gasteiger partial charge is 0.478 e. The van der Waals surface area contributed by atoms with Crippen molar-refractivity contribution in [2.75, 3.05) is 4.72 Å². The van der Waals surface area contributed by atoms with Crippen LogP contribution in [-0.4, -0.2) is 29.3 Å². The van der Waals surface area contributed by atoms with Gasteiger partial charge in [0, 0.05) is 6.04 Å². The summed E-state index contributed by atoms with van der Waals surface area (Å²) < 4.78 is 29.3. The molecule has 0 fully saturated rings. The van der Waals surface area contributed by atoms with E-state index in [9.17, 15) is 13.2 Å². The summed E-state index contributed by atoms with van der Waals surface area (Å²) in [5.74, 6) is -1.18. The average Bonchev–Trinajstić information content (AvgIpc) is 2.75. The molecule has 0 bridgehead atoms. The fourth-order valence-electron chi connectivity index (χ4n) is 2.30. The van der Waals surface area contributed by atoms with Gasteiger partial charge in [-0.05, 0) is 45.9 Å². The van der Waals surface area contributed by atoms with Crippen molar-refractivity contribution >= 4 is 21.7 Å². The predicted molar refractivity (Wildman–Crippen MR) is 86.3 cm³/mol. The molecule has 0 saturated carbocycles. The van der Waals surface area contributed by atoms with Crippen molar-refractivity contribution in [3.05, 3.63) is 41.2 Å². The second-order valence-electron chi connectivity index (χ2n) is 5.52. The third-order valence-corrected chi connectivity index (χ3v) is 4.79. The van der Waals surface area contributed by atoms with Gasteiger partial charge < -0.3 is 5.11 Å². The zero-order valence-electron chi connectivity index (χ0n) is 13.4. The van der Waals surface area contributed by atoms with Crippen LogP contribution < -0.4 is 4.72 Å². The Labute approximate surface area is 135 Å². The molecular formula is C15H19N3O4S. The van der Waals surface area contributed by atoms with Crippen molar-refractivity contribution in [2.24, 2.45) is 0 Å². The Bertz CT molecular complexity index is 854. The van der Waals surface area contributed by atoms with Crippen LogP contribution in [0.1, 0.15) is 41.6 Å². The molecule has 0 amide bonds. The van der Waals surface area contributed by atoms with Crippen LogP contribution in [0, 0.1) is 13.8 Å². The fourth-order valence-corrected chi connectivity index (χ4v) is 3.52. The van der Waals surface area contributed by atoms with Gasteiger partial charge in [0.25, 0.3) is 10.0 Å². The second kappa shape index (κ2) is 6.04. The maximum absolute atomic E-state index is 12.5. The lowest BCUT2D eigenvalue weighted by Crippen LogP contribution is -2.15. The van der Waals surface area contributed by atoms with Crippen molar-refractivity contribution < 1.29 is 18.3 Å². The first-order valence-corrected chi connectivity index (χ1v) is 8.53. The van der Waals surface area contributed by atoms with Crippen LogP contribution in [0.4, 0.5) is 5.69 Å². The van der Waals surface area contributed by atoms with E-state index >= 15 is 0 Å². The third-order valence-electron chi connectivity index (χ3n) is 3.44. The van der Waals surface area contributed by atoms with Gasteiger partial charge in [0.2, 0.25) is 0 Å². The molecule has 0 saturated heterocycles. The molecule has 0 aliphatic carbocycles. The molecule has 0 aliphatic heterocycles. The number of nitrogens with one attached hydrogen (secondary N) is 1. The van der Waals surface area contributed by atoms with Gasteiger partial charge in [-0.1, -0.05) is 6.07 Å². The van der Waals surface area contributed by atoms with E-state index in [-0.39, 0.29) is 16.5 Å². The van der Waals surface area contributed by atoms with Gasteiger partial charge in [0.1, 0.15) is 0 Å². The van der Waals surface area contributed by atoms with Crippen molar-refractivity contribution in [3.8, 4) is 0 Å². The number of nitrogens with zero attached hydrogens (tertiary/aromatic N) is 2. The summed E-state index contributed by atoms with van der Waals surface area (Å²) in [6.07, 6.45) is 0. The second-order valence-corrected chi connectivity index (χ2v) is 7.21. The molecule has 2 rings (SSSR count). The molecule has 1 aromatic carbocycles. The summed E-state index contributed by atoms with van der Waals surface area (Å²) in [5.41, 5.74) is 1.60. The van der Waals surface area contributed by atoms with E-state index in [4.69, 9.17) is 5.11 Å². The number of aryl methyl sites for hydroxylation is 1. The molecule has 124 valence electrons.